The third-order valence-electron chi connectivity index (χ3n) is 8.24. The van der Waals surface area contributed by atoms with Crippen LogP contribution in [0.5, 0.6) is 0 Å². The minimum absolute atomic E-state index is 1.20. The maximum Gasteiger partial charge on any atom is 0.0433 e. The smallest absolute Gasteiger partial charge is 0.0433 e. The van der Waals surface area contributed by atoms with Crippen molar-refractivity contribution in [3.05, 3.63) is 152 Å². The summed E-state index contributed by atoms with van der Waals surface area (Å²) < 4.78 is 2.70. The Morgan fingerprint density at radius 1 is 0.381 bits per heavy atom. The molecule has 1 heterocycles. The Morgan fingerprint density at radius 2 is 0.881 bits per heavy atom. The van der Waals surface area contributed by atoms with Gasteiger partial charge in [0.05, 0.1) is 0 Å². The first-order valence-electron chi connectivity index (χ1n) is 14.2. The summed E-state index contributed by atoms with van der Waals surface area (Å²) in [6.07, 6.45) is 0. The van der Waals surface area contributed by atoms with E-state index in [2.05, 4.69) is 161 Å². The van der Waals surface area contributed by atoms with Gasteiger partial charge >= 0.3 is 0 Å². The van der Waals surface area contributed by atoms with E-state index in [0.29, 0.717) is 0 Å². The Morgan fingerprint density at radius 3 is 1.52 bits per heavy atom. The molecule has 7 aromatic carbocycles. The molecule has 8 rings (SSSR count). The van der Waals surface area contributed by atoms with E-state index in [9.17, 15) is 0 Å². The summed E-state index contributed by atoms with van der Waals surface area (Å²) in [4.78, 5) is 0. The van der Waals surface area contributed by atoms with Crippen LogP contribution in [0, 0.1) is 0 Å². The van der Waals surface area contributed by atoms with Crippen LogP contribution >= 0.6 is 20.6 Å². The number of hydrogen-bond donors (Lipinski definition) is 0. The van der Waals surface area contributed by atoms with E-state index < -0.39 is 0 Å². The van der Waals surface area contributed by atoms with Crippen LogP contribution in [0.1, 0.15) is 0 Å². The molecule has 1 unspecified atom stereocenters. The first-order chi connectivity index (χ1) is 20.7. The van der Waals surface area contributed by atoms with E-state index in [1.165, 1.54) is 80.8 Å². The number of benzene rings is 7. The van der Waals surface area contributed by atoms with Gasteiger partial charge in [-0.15, -0.1) is 20.6 Å². The Hall–Kier alpha value is -4.55. The fourth-order valence-electron chi connectivity index (χ4n) is 5.95. The van der Waals surface area contributed by atoms with Crippen LogP contribution in [0.4, 0.5) is 0 Å². The monoisotopic (exact) mass is 570 g/mol. The van der Waals surface area contributed by atoms with Crippen LogP contribution in [-0.2, 0) is 0 Å². The Bertz CT molecular complexity index is 2220. The minimum Gasteiger partial charge on any atom is -0.135 e. The number of rotatable bonds is 4. The molecule has 0 N–H and O–H groups in total. The molecule has 0 fully saturated rings. The Balaban J connectivity index is 1.10. The van der Waals surface area contributed by atoms with Gasteiger partial charge in [0, 0.05) is 20.2 Å². The zero-order valence-electron chi connectivity index (χ0n) is 22.9. The van der Waals surface area contributed by atoms with E-state index in [1.54, 1.807) is 0 Å². The highest BCUT2D eigenvalue weighted by Crippen LogP contribution is 2.40. The molecule has 8 aromatic rings. The fraction of sp³-hybridized carbons (Fsp3) is 0. The van der Waals surface area contributed by atoms with Crippen LogP contribution in [0.2, 0.25) is 0 Å². The molecule has 0 aliphatic carbocycles. The molecule has 0 radical (unpaired) electrons. The Kier molecular flexibility index (Phi) is 6.22. The van der Waals surface area contributed by atoms with E-state index in [0.717, 1.165) is 0 Å². The van der Waals surface area contributed by atoms with Gasteiger partial charge < -0.3 is 0 Å². The van der Waals surface area contributed by atoms with Gasteiger partial charge in [-0.2, -0.15) is 0 Å². The summed E-state index contributed by atoms with van der Waals surface area (Å²) in [6, 6.07) is 55.5. The molecule has 0 amide bonds. The average molecular weight is 571 g/mol. The van der Waals surface area contributed by atoms with Crippen molar-refractivity contribution < 1.29 is 0 Å². The molecule has 0 saturated carbocycles. The first kappa shape index (κ1) is 25.2. The lowest BCUT2D eigenvalue weighted by atomic mass is 9.95. The van der Waals surface area contributed by atoms with Gasteiger partial charge in [0.15, 0.2) is 0 Å². The van der Waals surface area contributed by atoms with Crippen molar-refractivity contribution in [3.8, 4) is 44.5 Å². The zero-order chi connectivity index (χ0) is 28.0. The predicted molar refractivity (Wildman–Crippen MR) is 188 cm³/mol. The predicted octanol–water partition coefficient (Wildman–Crippen LogP) is 11.4. The molecule has 0 nitrogen and oxygen atoms in total. The molecule has 0 aliphatic heterocycles. The molecule has 2 heteroatoms. The van der Waals surface area contributed by atoms with Gasteiger partial charge in [0.2, 0.25) is 0 Å². The van der Waals surface area contributed by atoms with E-state index in [1.807, 2.05) is 11.3 Å². The molecular weight excluding hydrogens is 543 g/mol. The highest BCUT2D eigenvalue weighted by atomic mass is 32.1. The van der Waals surface area contributed by atoms with Gasteiger partial charge in [-0.25, -0.2) is 0 Å². The van der Waals surface area contributed by atoms with Gasteiger partial charge in [-0.3, -0.25) is 0 Å². The molecular formula is C40H27PS. The summed E-state index contributed by atoms with van der Waals surface area (Å²) in [5.41, 5.74) is 9.96. The second-order valence-electron chi connectivity index (χ2n) is 10.8. The first-order valence-corrected chi connectivity index (χ1v) is 15.6. The van der Waals surface area contributed by atoms with Crippen LogP contribution in [0.3, 0.4) is 0 Å². The molecule has 0 bridgehead atoms. The summed E-state index contributed by atoms with van der Waals surface area (Å²) >= 11 is 1.88. The molecule has 0 aliphatic rings. The van der Waals surface area contributed by atoms with Crippen molar-refractivity contribution in [2.75, 3.05) is 0 Å². The third kappa shape index (κ3) is 4.52. The van der Waals surface area contributed by atoms with Crippen LogP contribution < -0.4 is 5.30 Å². The molecule has 42 heavy (non-hydrogen) atoms. The second-order valence-corrected chi connectivity index (χ2v) is 12.6. The van der Waals surface area contributed by atoms with Gasteiger partial charge in [0.1, 0.15) is 0 Å². The standard InChI is InChI=1S/C40H27PS/c41-35-22-20-27(21-23-35)26-8-10-28(11-9-26)32-18-14-30-15-19-33(25-34(30)24-32)29-12-16-31(17-13-29)36-5-3-6-38-37-4-1-2-7-39(37)42-40(36)38/h1-25H,41H2. The van der Waals surface area contributed by atoms with Crippen molar-refractivity contribution >= 4 is 56.8 Å². The second kappa shape index (κ2) is 10.4. The number of hydrogen-bond acceptors (Lipinski definition) is 1. The number of thiophene rings is 1. The zero-order valence-corrected chi connectivity index (χ0v) is 24.9. The maximum absolute atomic E-state index is 2.75. The fourth-order valence-corrected chi connectivity index (χ4v) is 7.38. The Labute approximate surface area is 252 Å². The SMILES string of the molecule is Pc1ccc(-c2ccc(-c3ccc4ccc(-c5ccc(-c6cccc7c6sc6ccccc67)cc5)cc4c3)cc2)cc1. The van der Waals surface area contributed by atoms with Gasteiger partial charge in [-0.1, -0.05) is 133 Å². The van der Waals surface area contributed by atoms with Crippen LogP contribution in [0.15, 0.2) is 152 Å². The lowest BCUT2D eigenvalue weighted by Gasteiger charge is -2.09. The van der Waals surface area contributed by atoms with Gasteiger partial charge in [-0.05, 0) is 78.8 Å². The van der Waals surface area contributed by atoms with Crippen molar-refractivity contribution in [2.45, 2.75) is 0 Å². The largest absolute Gasteiger partial charge is 0.135 e. The van der Waals surface area contributed by atoms with E-state index in [4.69, 9.17) is 0 Å². The normalized spacial score (nSPS) is 11.5. The maximum atomic E-state index is 2.75. The van der Waals surface area contributed by atoms with Crippen LogP contribution in [-0.4, -0.2) is 0 Å². The number of fused-ring (bicyclic) bond motifs is 4. The van der Waals surface area contributed by atoms with E-state index >= 15 is 0 Å². The highest BCUT2D eigenvalue weighted by molar-refractivity contribution is 7.27. The van der Waals surface area contributed by atoms with E-state index in [-0.39, 0.29) is 0 Å². The lowest BCUT2D eigenvalue weighted by molar-refractivity contribution is 1.60. The van der Waals surface area contributed by atoms with Crippen molar-refractivity contribution in [2.24, 2.45) is 0 Å². The molecule has 198 valence electrons. The minimum atomic E-state index is 1.20. The topological polar surface area (TPSA) is 0 Å². The summed E-state index contributed by atoms with van der Waals surface area (Å²) in [7, 11) is 2.75. The summed E-state index contributed by atoms with van der Waals surface area (Å²) in [5.74, 6) is 0. The molecule has 1 atom stereocenters. The molecule has 1 aromatic heterocycles. The van der Waals surface area contributed by atoms with Crippen molar-refractivity contribution in [1.82, 2.24) is 0 Å². The summed E-state index contributed by atoms with van der Waals surface area (Å²) in [5, 5.41) is 6.39. The van der Waals surface area contributed by atoms with Crippen LogP contribution in [0.25, 0.3) is 75.5 Å². The third-order valence-corrected chi connectivity index (χ3v) is 9.84. The van der Waals surface area contributed by atoms with Crippen molar-refractivity contribution in [1.29, 1.82) is 0 Å². The average Bonchev–Trinajstić information content (AvgIpc) is 3.44. The molecule has 0 saturated heterocycles. The quantitative estimate of drug-likeness (QED) is 0.185. The highest BCUT2D eigenvalue weighted by Gasteiger charge is 2.11. The van der Waals surface area contributed by atoms with Gasteiger partial charge in [0.25, 0.3) is 0 Å². The lowest BCUT2D eigenvalue weighted by Crippen LogP contribution is -1.88. The summed E-state index contributed by atoms with van der Waals surface area (Å²) in [6.45, 7) is 0. The molecule has 0 spiro atoms. The van der Waals surface area contributed by atoms with Crippen molar-refractivity contribution in [3.63, 3.8) is 0 Å².